The van der Waals surface area contributed by atoms with Gasteiger partial charge >= 0.3 is 5.97 Å². The molecule has 0 bridgehead atoms. The number of nitrogens with one attached hydrogen (secondary N) is 1. The molecule has 0 aromatic heterocycles. The third-order valence-electron chi connectivity index (χ3n) is 2.12. The normalized spacial score (nSPS) is 10.2. The number of methoxy groups -OCH3 is 1. The van der Waals surface area contributed by atoms with E-state index in [0.717, 1.165) is 0 Å². The molecule has 1 aromatic carbocycles. The number of carbonyl (C=O) groups is 2. The summed E-state index contributed by atoms with van der Waals surface area (Å²) in [6, 6.07) is 2.78. The van der Waals surface area contributed by atoms with E-state index in [2.05, 4.69) is 5.32 Å². The lowest BCUT2D eigenvalue weighted by molar-refractivity contribution is -0.117. The van der Waals surface area contributed by atoms with Gasteiger partial charge in [-0.1, -0.05) is 23.2 Å². The first-order valence-electron chi connectivity index (χ1n) is 4.97. The van der Waals surface area contributed by atoms with Crippen LogP contribution in [0.3, 0.4) is 0 Å². The summed E-state index contributed by atoms with van der Waals surface area (Å²) in [5, 5.41) is 11.6. The second-order valence-corrected chi connectivity index (χ2v) is 4.19. The Morgan fingerprint density at radius 1 is 1.33 bits per heavy atom. The molecule has 0 aliphatic carbocycles. The molecule has 0 spiro atoms. The number of carboxylic acids is 1. The van der Waals surface area contributed by atoms with Gasteiger partial charge in [-0.2, -0.15) is 0 Å². The van der Waals surface area contributed by atoms with E-state index in [4.69, 9.17) is 33.0 Å². The maximum Gasteiger partial charge on any atom is 0.339 e. The predicted molar refractivity (Wildman–Crippen MR) is 68.5 cm³/mol. The Balaban J connectivity index is 3.03. The van der Waals surface area contributed by atoms with Crippen molar-refractivity contribution in [1.82, 2.24) is 0 Å². The monoisotopic (exact) mass is 291 g/mol. The van der Waals surface area contributed by atoms with Crippen LogP contribution in [0.5, 0.6) is 0 Å². The number of ether oxygens (including phenoxy) is 1. The van der Waals surface area contributed by atoms with Crippen molar-refractivity contribution in [2.24, 2.45) is 0 Å². The zero-order chi connectivity index (χ0) is 13.7. The lowest BCUT2D eigenvalue weighted by Crippen LogP contribution is -2.16. The number of carbonyl (C=O) groups excluding carboxylic acids is 1. The van der Waals surface area contributed by atoms with E-state index in [9.17, 15) is 9.59 Å². The van der Waals surface area contributed by atoms with Gasteiger partial charge in [-0.05, 0) is 12.1 Å². The molecule has 0 aliphatic rings. The number of hydrogen-bond acceptors (Lipinski definition) is 3. The summed E-state index contributed by atoms with van der Waals surface area (Å²) in [6.45, 7) is 0.229. The molecular formula is C11H11Cl2NO4. The van der Waals surface area contributed by atoms with Crippen molar-refractivity contribution in [3.63, 3.8) is 0 Å². The quantitative estimate of drug-likeness (QED) is 0.874. The van der Waals surface area contributed by atoms with Crippen molar-refractivity contribution >= 4 is 40.8 Å². The van der Waals surface area contributed by atoms with Crippen molar-refractivity contribution in [3.05, 3.63) is 27.7 Å². The Kier molecular flexibility index (Phi) is 5.40. The van der Waals surface area contributed by atoms with Crippen molar-refractivity contribution in [2.45, 2.75) is 6.42 Å². The van der Waals surface area contributed by atoms with Crippen LogP contribution in [0.4, 0.5) is 5.69 Å². The van der Waals surface area contributed by atoms with Crippen LogP contribution >= 0.6 is 23.2 Å². The molecule has 0 atom stereocenters. The first-order valence-corrected chi connectivity index (χ1v) is 5.73. The van der Waals surface area contributed by atoms with Gasteiger partial charge in [0, 0.05) is 7.11 Å². The van der Waals surface area contributed by atoms with E-state index in [1.54, 1.807) is 0 Å². The number of anilines is 1. The Labute approximate surface area is 114 Å². The number of benzene rings is 1. The Bertz CT molecular complexity index is 476. The standard InChI is InChI=1S/C11H11Cl2NO4/c1-18-5-4-8(15)14-10-7(13)3-2-6(12)9(10)11(16)17/h2-3H,4-5H2,1H3,(H,14,15)(H,16,17). The van der Waals surface area contributed by atoms with E-state index >= 15 is 0 Å². The van der Waals surface area contributed by atoms with E-state index < -0.39 is 11.9 Å². The number of carboxylic acid groups (broad SMARTS) is 1. The van der Waals surface area contributed by atoms with E-state index in [1.807, 2.05) is 0 Å². The molecule has 0 saturated carbocycles. The van der Waals surface area contributed by atoms with Crippen LogP contribution < -0.4 is 5.32 Å². The molecule has 0 heterocycles. The molecule has 0 unspecified atom stereocenters. The average Bonchev–Trinajstić information content (AvgIpc) is 2.30. The van der Waals surface area contributed by atoms with Crippen molar-refractivity contribution in [3.8, 4) is 0 Å². The molecule has 7 heteroatoms. The Hall–Kier alpha value is -1.30. The van der Waals surface area contributed by atoms with E-state index in [0.29, 0.717) is 0 Å². The number of amides is 1. The molecule has 18 heavy (non-hydrogen) atoms. The maximum absolute atomic E-state index is 11.5. The molecule has 98 valence electrons. The summed E-state index contributed by atoms with van der Waals surface area (Å²) in [5.41, 5.74) is -0.229. The van der Waals surface area contributed by atoms with Crippen LogP contribution in [-0.4, -0.2) is 30.7 Å². The minimum atomic E-state index is -1.26. The molecular weight excluding hydrogens is 281 g/mol. The van der Waals surface area contributed by atoms with Crippen LogP contribution in [0, 0.1) is 0 Å². The topological polar surface area (TPSA) is 75.6 Å². The zero-order valence-corrected chi connectivity index (χ0v) is 11.0. The fourth-order valence-electron chi connectivity index (χ4n) is 1.28. The van der Waals surface area contributed by atoms with Gasteiger partial charge in [0.2, 0.25) is 5.91 Å². The Morgan fingerprint density at radius 2 is 1.94 bits per heavy atom. The van der Waals surface area contributed by atoms with Gasteiger partial charge in [-0.15, -0.1) is 0 Å². The second kappa shape index (κ2) is 6.58. The molecule has 0 saturated heterocycles. The minimum absolute atomic E-state index is 0.00207. The summed E-state index contributed by atoms with van der Waals surface area (Å²) in [6.07, 6.45) is 0.0956. The van der Waals surface area contributed by atoms with Crippen LogP contribution in [0.1, 0.15) is 16.8 Å². The smallest absolute Gasteiger partial charge is 0.339 e. The largest absolute Gasteiger partial charge is 0.478 e. The van der Waals surface area contributed by atoms with Crippen molar-refractivity contribution in [2.75, 3.05) is 19.0 Å². The van der Waals surface area contributed by atoms with Gasteiger partial charge in [-0.3, -0.25) is 4.79 Å². The fraction of sp³-hybridized carbons (Fsp3) is 0.273. The van der Waals surface area contributed by atoms with Crippen LogP contribution in [0.25, 0.3) is 0 Å². The molecule has 0 radical (unpaired) electrons. The van der Waals surface area contributed by atoms with E-state index in [-0.39, 0.29) is 34.3 Å². The summed E-state index contributed by atoms with van der Waals surface area (Å²) in [5.74, 6) is -1.66. The van der Waals surface area contributed by atoms with Crippen LogP contribution in [-0.2, 0) is 9.53 Å². The minimum Gasteiger partial charge on any atom is -0.478 e. The number of halogens is 2. The third-order valence-corrected chi connectivity index (χ3v) is 2.75. The van der Waals surface area contributed by atoms with Gasteiger partial charge in [0.15, 0.2) is 0 Å². The zero-order valence-electron chi connectivity index (χ0n) is 9.50. The predicted octanol–water partition coefficient (Wildman–Crippen LogP) is 2.67. The van der Waals surface area contributed by atoms with Gasteiger partial charge in [0.25, 0.3) is 0 Å². The molecule has 2 N–H and O–H groups in total. The third kappa shape index (κ3) is 3.60. The maximum atomic E-state index is 11.5. The molecule has 5 nitrogen and oxygen atoms in total. The molecule has 1 rings (SSSR count). The second-order valence-electron chi connectivity index (χ2n) is 3.38. The average molecular weight is 292 g/mol. The molecule has 1 aromatic rings. The fourth-order valence-corrected chi connectivity index (χ4v) is 1.72. The summed E-state index contributed by atoms with van der Waals surface area (Å²) < 4.78 is 4.75. The van der Waals surface area contributed by atoms with Crippen LogP contribution in [0.15, 0.2) is 12.1 Å². The number of hydrogen-bond donors (Lipinski definition) is 2. The highest BCUT2D eigenvalue weighted by Gasteiger charge is 2.19. The van der Waals surface area contributed by atoms with Gasteiger partial charge < -0.3 is 15.2 Å². The van der Waals surface area contributed by atoms with Gasteiger partial charge in [0.1, 0.15) is 5.56 Å². The molecule has 0 fully saturated rings. The molecule has 0 aliphatic heterocycles. The first-order chi connectivity index (χ1) is 8.47. The highest BCUT2D eigenvalue weighted by Crippen LogP contribution is 2.31. The van der Waals surface area contributed by atoms with E-state index in [1.165, 1.54) is 19.2 Å². The lowest BCUT2D eigenvalue weighted by atomic mass is 10.1. The number of aromatic carboxylic acids is 1. The highest BCUT2D eigenvalue weighted by atomic mass is 35.5. The summed E-state index contributed by atoms with van der Waals surface area (Å²) >= 11 is 11.6. The molecule has 1 amide bonds. The SMILES string of the molecule is COCCC(=O)Nc1c(Cl)ccc(Cl)c1C(=O)O. The lowest BCUT2D eigenvalue weighted by Gasteiger charge is -2.11. The van der Waals surface area contributed by atoms with Crippen molar-refractivity contribution in [1.29, 1.82) is 0 Å². The first kappa shape index (κ1) is 14.8. The highest BCUT2D eigenvalue weighted by molar-refractivity contribution is 6.38. The Morgan fingerprint density at radius 3 is 2.50 bits per heavy atom. The van der Waals surface area contributed by atoms with Crippen LogP contribution in [0.2, 0.25) is 10.0 Å². The number of rotatable bonds is 5. The van der Waals surface area contributed by atoms with Gasteiger partial charge in [-0.25, -0.2) is 4.79 Å². The summed E-state index contributed by atoms with van der Waals surface area (Å²) in [4.78, 5) is 22.6. The van der Waals surface area contributed by atoms with Crippen molar-refractivity contribution < 1.29 is 19.4 Å². The van der Waals surface area contributed by atoms with Gasteiger partial charge in [0.05, 0.1) is 28.8 Å². The summed E-state index contributed by atoms with van der Waals surface area (Å²) in [7, 11) is 1.46.